The number of thiophene rings is 1. The molecule has 0 radical (unpaired) electrons. The van der Waals surface area contributed by atoms with Crippen LogP contribution in [0.4, 0.5) is 5.00 Å². The Labute approximate surface area is 171 Å². The lowest BCUT2D eigenvalue weighted by Gasteiger charge is -2.06. The van der Waals surface area contributed by atoms with E-state index in [1.165, 1.54) is 12.3 Å². The van der Waals surface area contributed by atoms with Gasteiger partial charge in [-0.25, -0.2) is 4.79 Å². The quantitative estimate of drug-likeness (QED) is 0.572. The van der Waals surface area contributed by atoms with E-state index in [9.17, 15) is 14.4 Å². The van der Waals surface area contributed by atoms with Crippen LogP contribution < -0.4 is 10.6 Å². The van der Waals surface area contributed by atoms with Gasteiger partial charge in [-0.3, -0.25) is 9.59 Å². The molecular formula is C21H20N2O5S. The lowest BCUT2D eigenvalue weighted by atomic mass is 10.1. The molecule has 1 aromatic carbocycles. The summed E-state index contributed by atoms with van der Waals surface area (Å²) in [7, 11) is 0. The van der Waals surface area contributed by atoms with E-state index in [0.29, 0.717) is 17.0 Å². The highest BCUT2D eigenvalue weighted by atomic mass is 32.1. The van der Waals surface area contributed by atoms with E-state index in [1.54, 1.807) is 19.9 Å². The predicted molar refractivity (Wildman–Crippen MR) is 109 cm³/mol. The van der Waals surface area contributed by atoms with Crippen molar-refractivity contribution in [3.63, 3.8) is 0 Å². The Balaban J connectivity index is 1.86. The highest BCUT2D eigenvalue weighted by molar-refractivity contribution is 7.18. The van der Waals surface area contributed by atoms with E-state index in [-0.39, 0.29) is 28.8 Å². The van der Waals surface area contributed by atoms with E-state index in [2.05, 4.69) is 10.6 Å². The number of carbonyl (C=O) groups excluding carboxylic acids is 3. The van der Waals surface area contributed by atoms with Crippen molar-refractivity contribution in [1.82, 2.24) is 5.32 Å². The smallest absolute Gasteiger partial charge is 0.341 e. The fourth-order valence-electron chi connectivity index (χ4n) is 2.70. The summed E-state index contributed by atoms with van der Waals surface area (Å²) in [4.78, 5) is 37.9. The number of rotatable bonds is 7. The molecule has 0 spiro atoms. The molecule has 8 heteroatoms. The Kier molecular flexibility index (Phi) is 6.46. The minimum absolute atomic E-state index is 0.0981. The fourth-order valence-corrected chi connectivity index (χ4v) is 3.80. The van der Waals surface area contributed by atoms with Crippen molar-refractivity contribution in [3.8, 4) is 0 Å². The van der Waals surface area contributed by atoms with Gasteiger partial charge in [0, 0.05) is 6.54 Å². The maximum atomic E-state index is 12.7. The molecule has 2 heterocycles. The van der Waals surface area contributed by atoms with Crippen molar-refractivity contribution in [2.24, 2.45) is 0 Å². The number of ether oxygens (including phenoxy) is 1. The van der Waals surface area contributed by atoms with Crippen LogP contribution in [0.25, 0.3) is 0 Å². The number of amides is 2. The second-order valence-corrected chi connectivity index (χ2v) is 7.10. The van der Waals surface area contributed by atoms with Gasteiger partial charge in [-0.05, 0) is 37.1 Å². The van der Waals surface area contributed by atoms with E-state index < -0.39 is 11.9 Å². The van der Waals surface area contributed by atoms with Gasteiger partial charge in [-0.1, -0.05) is 30.3 Å². The third-order valence-electron chi connectivity index (χ3n) is 4.10. The molecule has 0 saturated heterocycles. The number of esters is 1. The van der Waals surface area contributed by atoms with Crippen LogP contribution in [0.3, 0.4) is 0 Å². The Bertz CT molecular complexity index is 1010. The highest BCUT2D eigenvalue weighted by Gasteiger charge is 2.27. The van der Waals surface area contributed by atoms with E-state index in [1.807, 2.05) is 30.3 Å². The Morgan fingerprint density at radius 1 is 1.07 bits per heavy atom. The van der Waals surface area contributed by atoms with Gasteiger partial charge in [0.05, 0.1) is 23.3 Å². The van der Waals surface area contributed by atoms with E-state index >= 15 is 0 Å². The summed E-state index contributed by atoms with van der Waals surface area (Å²) >= 11 is 1.02. The van der Waals surface area contributed by atoms with Crippen molar-refractivity contribution in [3.05, 3.63) is 76.1 Å². The topological polar surface area (TPSA) is 97.6 Å². The molecule has 2 amide bonds. The number of benzene rings is 1. The van der Waals surface area contributed by atoms with Crippen LogP contribution in [0.2, 0.25) is 0 Å². The zero-order chi connectivity index (χ0) is 20.8. The van der Waals surface area contributed by atoms with Gasteiger partial charge in [-0.2, -0.15) is 0 Å². The number of carbonyl (C=O) groups is 3. The first-order valence-electron chi connectivity index (χ1n) is 8.98. The molecule has 0 aliphatic carbocycles. The van der Waals surface area contributed by atoms with Crippen molar-refractivity contribution in [1.29, 1.82) is 0 Å². The second kappa shape index (κ2) is 9.20. The summed E-state index contributed by atoms with van der Waals surface area (Å²) in [5.41, 5.74) is 1.57. The fraction of sp³-hybridized carbons (Fsp3) is 0.190. The number of hydrogen-bond acceptors (Lipinski definition) is 6. The molecule has 2 N–H and O–H groups in total. The highest BCUT2D eigenvalue weighted by Crippen LogP contribution is 2.34. The summed E-state index contributed by atoms with van der Waals surface area (Å²) in [6.07, 6.45) is 1.38. The van der Waals surface area contributed by atoms with Crippen molar-refractivity contribution >= 4 is 34.1 Å². The lowest BCUT2D eigenvalue weighted by Crippen LogP contribution is -2.22. The van der Waals surface area contributed by atoms with Crippen molar-refractivity contribution in [2.45, 2.75) is 20.4 Å². The van der Waals surface area contributed by atoms with Crippen LogP contribution in [0.1, 0.15) is 48.6 Å². The average Bonchev–Trinajstić information content (AvgIpc) is 3.35. The van der Waals surface area contributed by atoms with Gasteiger partial charge in [0.1, 0.15) is 5.00 Å². The largest absolute Gasteiger partial charge is 0.462 e. The number of hydrogen-bond donors (Lipinski definition) is 2. The maximum absolute atomic E-state index is 12.7. The van der Waals surface area contributed by atoms with E-state index in [0.717, 1.165) is 16.9 Å². The first-order chi connectivity index (χ1) is 14.0. The maximum Gasteiger partial charge on any atom is 0.341 e. The normalized spacial score (nSPS) is 10.4. The standard InChI is InChI=1S/C21H20N2O5S/c1-3-27-21(26)16-13(2)17(19(25)22-12-14-8-5-4-6-9-14)29-20(16)23-18(24)15-10-7-11-28-15/h4-11H,3,12H2,1-2H3,(H,22,25)(H,23,24). The molecule has 150 valence electrons. The second-order valence-electron chi connectivity index (χ2n) is 6.08. The third-order valence-corrected chi connectivity index (χ3v) is 5.31. The summed E-state index contributed by atoms with van der Waals surface area (Å²) < 4.78 is 10.2. The Morgan fingerprint density at radius 3 is 2.48 bits per heavy atom. The molecule has 0 atom stereocenters. The Morgan fingerprint density at radius 2 is 1.83 bits per heavy atom. The number of anilines is 1. The zero-order valence-corrected chi connectivity index (χ0v) is 16.8. The molecule has 29 heavy (non-hydrogen) atoms. The molecule has 2 aromatic heterocycles. The molecule has 0 unspecified atom stereocenters. The van der Waals surface area contributed by atoms with Crippen LogP contribution in [-0.4, -0.2) is 24.4 Å². The molecule has 0 fully saturated rings. The van der Waals surface area contributed by atoms with Crippen LogP contribution in [-0.2, 0) is 11.3 Å². The monoisotopic (exact) mass is 412 g/mol. The van der Waals surface area contributed by atoms with E-state index in [4.69, 9.17) is 9.15 Å². The number of nitrogens with one attached hydrogen (secondary N) is 2. The minimum Gasteiger partial charge on any atom is -0.462 e. The van der Waals surface area contributed by atoms with Crippen molar-refractivity contribution < 1.29 is 23.5 Å². The minimum atomic E-state index is -0.599. The van der Waals surface area contributed by atoms with Crippen molar-refractivity contribution in [2.75, 3.05) is 11.9 Å². The SMILES string of the molecule is CCOC(=O)c1c(NC(=O)c2ccco2)sc(C(=O)NCc2ccccc2)c1C. The molecule has 7 nitrogen and oxygen atoms in total. The first kappa shape index (κ1) is 20.3. The molecule has 0 saturated carbocycles. The molecular weight excluding hydrogens is 392 g/mol. The summed E-state index contributed by atoms with van der Waals surface area (Å²) in [6, 6.07) is 12.6. The summed E-state index contributed by atoms with van der Waals surface area (Å²) in [6.45, 7) is 3.87. The first-order valence-corrected chi connectivity index (χ1v) is 9.80. The van der Waals surface area contributed by atoms with Gasteiger partial charge < -0.3 is 19.8 Å². The van der Waals surface area contributed by atoms with Crippen LogP contribution >= 0.6 is 11.3 Å². The predicted octanol–water partition coefficient (Wildman–Crippen LogP) is 4.01. The Hall–Kier alpha value is -3.39. The third kappa shape index (κ3) is 4.72. The van der Waals surface area contributed by atoms with Crippen LogP contribution in [0.5, 0.6) is 0 Å². The van der Waals surface area contributed by atoms with Crippen LogP contribution in [0.15, 0.2) is 53.1 Å². The molecule has 3 rings (SSSR count). The number of furan rings is 1. The van der Waals surface area contributed by atoms with Gasteiger partial charge in [0.2, 0.25) is 0 Å². The average molecular weight is 412 g/mol. The summed E-state index contributed by atoms with van der Waals surface area (Å²) in [5, 5.41) is 5.73. The van der Waals surface area contributed by atoms with Gasteiger partial charge in [-0.15, -0.1) is 11.3 Å². The van der Waals surface area contributed by atoms with Gasteiger partial charge >= 0.3 is 5.97 Å². The molecule has 0 aliphatic heterocycles. The van der Waals surface area contributed by atoms with Gasteiger partial charge in [0.25, 0.3) is 11.8 Å². The summed E-state index contributed by atoms with van der Waals surface area (Å²) in [5.74, 6) is -1.35. The molecule has 3 aromatic rings. The zero-order valence-electron chi connectivity index (χ0n) is 16.0. The lowest BCUT2D eigenvalue weighted by molar-refractivity contribution is 0.0527. The van der Waals surface area contributed by atoms with Gasteiger partial charge in [0.15, 0.2) is 5.76 Å². The van der Waals surface area contributed by atoms with Crippen LogP contribution in [0, 0.1) is 6.92 Å². The molecule has 0 bridgehead atoms. The molecule has 0 aliphatic rings.